The number of aliphatic hydroxyl groups is 3. The van der Waals surface area contributed by atoms with E-state index in [1.807, 2.05) is 0 Å². The Morgan fingerprint density at radius 1 is 1.06 bits per heavy atom. The van der Waals surface area contributed by atoms with Crippen LogP contribution in [0.3, 0.4) is 0 Å². The van der Waals surface area contributed by atoms with Crippen molar-refractivity contribution in [3.63, 3.8) is 0 Å². The minimum Gasteiger partial charge on any atom is -0.508 e. The molecule has 0 aliphatic heterocycles. The van der Waals surface area contributed by atoms with Gasteiger partial charge in [-0.3, -0.25) is 14.4 Å². The van der Waals surface area contributed by atoms with Crippen LogP contribution >= 0.6 is 0 Å². The van der Waals surface area contributed by atoms with Gasteiger partial charge in [0.05, 0.1) is 11.7 Å². The van der Waals surface area contributed by atoms with Crippen LogP contribution in [0.1, 0.15) is 28.8 Å². The molecule has 2 aromatic rings. The average Bonchev–Trinajstić information content (AvgIpc) is 2.75. The summed E-state index contributed by atoms with van der Waals surface area (Å²) in [6.45, 7) is 0. The van der Waals surface area contributed by atoms with Crippen LogP contribution in [0.5, 0.6) is 5.75 Å². The van der Waals surface area contributed by atoms with Gasteiger partial charge in [0.15, 0.2) is 17.2 Å². The molecule has 0 saturated heterocycles. The van der Waals surface area contributed by atoms with Crippen molar-refractivity contribution in [2.75, 3.05) is 0 Å². The Bertz CT molecular complexity index is 1330. The predicted molar refractivity (Wildman–Crippen MR) is 116 cm³/mol. The first-order chi connectivity index (χ1) is 16.4. The molecule has 1 fully saturated rings. The first kappa shape index (κ1) is 23.1. The Labute approximate surface area is 197 Å². The lowest BCUT2D eigenvalue weighted by Gasteiger charge is -2.48. The molecule has 182 valence electrons. The Balaban J connectivity index is 1.68. The molecule has 3 aliphatic carbocycles. The number of carbonyl (C=O) groups is 3. The summed E-state index contributed by atoms with van der Waals surface area (Å²) in [6, 6.07) is 5.48. The fourth-order valence-electron chi connectivity index (χ4n) is 5.91. The van der Waals surface area contributed by atoms with Crippen molar-refractivity contribution in [2.24, 2.45) is 23.5 Å². The van der Waals surface area contributed by atoms with E-state index in [1.54, 1.807) is 0 Å². The molecule has 3 aliphatic rings. The maximum Gasteiger partial charge on any atom is 0.230 e. The van der Waals surface area contributed by atoms with E-state index in [1.165, 1.54) is 12.1 Å². The summed E-state index contributed by atoms with van der Waals surface area (Å²) >= 11 is 0. The SMILES string of the molecule is NC(=O)C1C(=O)[C@@]2(O)C(O)=C3C(=O)c4c(O)ccc(-c5cc(F)cc(F)c5)c4C[C@H]3C[C@H]2CC1O. The van der Waals surface area contributed by atoms with E-state index in [4.69, 9.17) is 5.73 Å². The first-order valence-corrected chi connectivity index (χ1v) is 11.0. The number of ketones is 2. The summed E-state index contributed by atoms with van der Waals surface area (Å²) in [5.74, 6) is -9.76. The van der Waals surface area contributed by atoms with Gasteiger partial charge in [-0.25, -0.2) is 8.78 Å². The molecule has 10 heteroatoms. The molecule has 0 bridgehead atoms. The maximum absolute atomic E-state index is 13.9. The lowest BCUT2D eigenvalue weighted by Crippen LogP contribution is -2.63. The van der Waals surface area contributed by atoms with E-state index in [-0.39, 0.29) is 36.0 Å². The Morgan fingerprint density at radius 3 is 2.34 bits per heavy atom. The summed E-state index contributed by atoms with van der Waals surface area (Å²) in [5.41, 5.74) is 2.86. The lowest BCUT2D eigenvalue weighted by atomic mass is 9.57. The van der Waals surface area contributed by atoms with Gasteiger partial charge in [0.1, 0.15) is 29.1 Å². The van der Waals surface area contributed by atoms with Gasteiger partial charge >= 0.3 is 0 Å². The number of amides is 1. The number of hydrogen-bond acceptors (Lipinski definition) is 7. The molecule has 6 N–H and O–H groups in total. The van der Waals surface area contributed by atoms with Crippen molar-refractivity contribution in [3.05, 3.63) is 64.4 Å². The minimum absolute atomic E-state index is 0.0119. The Morgan fingerprint density at radius 2 is 1.71 bits per heavy atom. The number of halogens is 2. The second-order valence-electron chi connectivity index (χ2n) is 9.38. The third-order valence-electron chi connectivity index (χ3n) is 7.45. The molecule has 0 spiro atoms. The standard InChI is InChI=1S/C25H21F2NO7/c26-12-4-9(5-13(27)8-12)14-1-2-16(29)19-15(14)6-10-3-11-7-17(30)20(24(28)34)23(33)25(11,35)22(32)18(10)21(19)31/h1-2,4-5,8,10-11,17,20,29-30,32,35H,3,6-7H2,(H2,28,34)/t10-,11+,17?,20?,25+/m1/s1. The molecular weight excluding hydrogens is 464 g/mol. The molecule has 8 nitrogen and oxygen atoms in total. The molecule has 1 amide bonds. The van der Waals surface area contributed by atoms with Crippen molar-refractivity contribution >= 4 is 17.5 Å². The molecule has 0 radical (unpaired) electrons. The van der Waals surface area contributed by atoms with Crippen LogP contribution < -0.4 is 5.73 Å². The number of phenols is 1. The highest BCUT2D eigenvalue weighted by atomic mass is 19.1. The molecule has 2 unspecified atom stereocenters. The molecule has 2 aromatic carbocycles. The van der Waals surface area contributed by atoms with Crippen molar-refractivity contribution < 1.29 is 43.6 Å². The van der Waals surface area contributed by atoms with Gasteiger partial charge in [-0.05, 0) is 60.1 Å². The van der Waals surface area contributed by atoms with Gasteiger partial charge in [-0.1, -0.05) is 6.07 Å². The van der Waals surface area contributed by atoms with Gasteiger partial charge in [0.2, 0.25) is 5.91 Å². The van der Waals surface area contributed by atoms with E-state index in [0.29, 0.717) is 17.2 Å². The number of carbonyl (C=O) groups excluding carboxylic acids is 3. The highest BCUT2D eigenvalue weighted by Gasteiger charge is 2.62. The zero-order valence-electron chi connectivity index (χ0n) is 18.2. The van der Waals surface area contributed by atoms with Crippen molar-refractivity contribution in [1.29, 1.82) is 0 Å². The fraction of sp³-hybridized carbons (Fsp3) is 0.320. The predicted octanol–water partition coefficient (Wildman–Crippen LogP) is 1.69. The van der Waals surface area contributed by atoms with Crippen LogP contribution in [0.2, 0.25) is 0 Å². The van der Waals surface area contributed by atoms with Gasteiger partial charge < -0.3 is 26.2 Å². The number of primary amides is 1. The molecule has 35 heavy (non-hydrogen) atoms. The van der Waals surface area contributed by atoms with Crippen LogP contribution in [0.4, 0.5) is 8.78 Å². The fourth-order valence-corrected chi connectivity index (χ4v) is 5.91. The van der Waals surface area contributed by atoms with Crippen LogP contribution in [-0.4, -0.2) is 49.6 Å². The zero-order chi connectivity index (χ0) is 25.4. The second kappa shape index (κ2) is 7.69. The van der Waals surface area contributed by atoms with E-state index in [9.17, 15) is 43.6 Å². The summed E-state index contributed by atoms with van der Waals surface area (Å²) in [7, 11) is 0. The number of nitrogens with two attached hydrogens (primary N) is 1. The number of benzene rings is 2. The largest absolute Gasteiger partial charge is 0.508 e. The van der Waals surface area contributed by atoms with Crippen LogP contribution in [0.15, 0.2) is 41.7 Å². The third-order valence-corrected chi connectivity index (χ3v) is 7.45. The minimum atomic E-state index is -2.60. The number of hydrogen-bond donors (Lipinski definition) is 5. The van der Waals surface area contributed by atoms with Crippen molar-refractivity contribution in [2.45, 2.75) is 31.0 Å². The molecule has 0 heterocycles. The molecule has 5 atom stereocenters. The second-order valence-corrected chi connectivity index (χ2v) is 9.38. The molecule has 5 rings (SSSR count). The van der Waals surface area contributed by atoms with E-state index >= 15 is 0 Å². The Hall–Kier alpha value is -3.63. The normalized spacial score (nSPS) is 29.9. The van der Waals surface area contributed by atoms with E-state index in [2.05, 4.69) is 0 Å². The highest BCUT2D eigenvalue weighted by Crippen LogP contribution is 2.52. The quantitative estimate of drug-likeness (QED) is 0.405. The van der Waals surface area contributed by atoms with Gasteiger partial charge in [0, 0.05) is 17.6 Å². The number of aromatic hydroxyl groups is 1. The summed E-state index contributed by atoms with van der Waals surface area (Å²) in [5, 5.41) is 43.1. The number of aliphatic hydroxyl groups excluding tert-OH is 2. The monoisotopic (exact) mass is 485 g/mol. The van der Waals surface area contributed by atoms with Crippen LogP contribution in [0, 0.1) is 29.4 Å². The van der Waals surface area contributed by atoms with E-state index in [0.717, 1.165) is 12.1 Å². The lowest BCUT2D eigenvalue weighted by molar-refractivity contribution is -0.167. The summed E-state index contributed by atoms with van der Waals surface area (Å²) < 4.78 is 27.8. The number of allylic oxidation sites excluding steroid dienone is 1. The summed E-state index contributed by atoms with van der Waals surface area (Å²) in [6.07, 6.45) is -1.67. The topological polar surface area (TPSA) is 158 Å². The number of Topliss-reactive ketones (excluding diaryl/α,β-unsaturated/α-hetero) is 2. The van der Waals surface area contributed by atoms with Gasteiger partial charge in [-0.15, -0.1) is 0 Å². The Kier molecular flexibility index (Phi) is 5.08. The molecule has 1 saturated carbocycles. The number of rotatable bonds is 2. The zero-order valence-corrected chi connectivity index (χ0v) is 18.2. The third kappa shape index (κ3) is 3.20. The van der Waals surface area contributed by atoms with E-state index < -0.39 is 70.1 Å². The first-order valence-electron chi connectivity index (χ1n) is 11.0. The molecule has 0 aromatic heterocycles. The maximum atomic E-state index is 13.9. The van der Waals surface area contributed by atoms with Gasteiger partial charge in [-0.2, -0.15) is 0 Å². The van der Waals surface area contributed by atoms with Crippen LogP contribution in [-0.2, 0) is 16.0 Å². The smallest absolute Gasteiger partial charge is 0.230 e. The highest BCUT2D eigenvalue weighted by molar-refractivity contribution is 6.16. The van der Waals surface area contributed by atoms with Gasteiger partial charge in [0.25, 0.3) is 0 Å². The molecular formula is C25H21F2NO7. The van der Waals surface area contributed by atoms with Crippen LogP contribution in [0.25, 0.3) is 11.1 Å². The van der Waals surface area contributed by atoms with Crippen molar-refractivity contribution in [3.8, 4) is 16.9 Å². The number of fused-ring (bicyclic) bond motifs is 3. The van der Waals surface area contributed by atoms with Crippen molar-refractivity contribution in [1.82, 2.24) is 0 Å². The average molecular weight is 485 g/mol. The summed E-state index contributed by atoms with van der Waals surface area (Å²) in [4.78, 5) is 38.3. The number of phenolic OH excluding ortho intramolecular Hbond substituents is 1.